The number of rotatable bonds is 10. The van der Waals surface area contributed by atoms with Crippen molar-refractivity contribution < 1.29 is 22.7 Å². The van der Waals surface area contributed by atoms with Gasteiger partial charge in [0.25, 0.3) is 0 Å². The van der Waals surface area contributed by atoms with Gasteiger partial charge in [-0.25, -0.2) is 13.2 Å². The minimum atomic E-state index is -3.61. The normalized spacial score (nSPS) is 11.3. The molecule has 0 bridgehead atoms. The van der Waals surface area contributed by atoms with Crippen LogP contribution in [0.3, 0.4) is 0 Å². The summed E-state index contributed by atoms with van der Waals surface area (Å²) in [5.74, 6) is 0.448. The molecule has 0 radical (unpaired) electrons. The molecule has 164 valence electrons. The van der Waals surface area contributed by atoms with E-state index in [1.54, 1.807) is 6.07 Å². The minimum Gasteiger partial charge on any atom is -0.462 e. The molecule has 3 aromatic carbocycles. The van der Waals surface area contributed by atoms with Gasteiger partial charge in [-0.1, -0.05) is 56.7 Å². The average molecular weight is 442 g/mol. The molecule has 0 unspecified atom stereocenters. The number of hydrogen-bond donors (Lipinski definition) is 1. The van der Waals surface area contributed by atoms with E-state index in [4.69, 9.17) is 9.47 Å². The molecule has 0 aromatic heterocycles. The van der Waals surface area contributed by atoms with E-state index in [0.717, 1.165) is 17.2 Å². The predicted molar refractivity (Wildman–Crippen MR) is 123 cm³/mol. The maximum Gasteiger partial charge on any atom is 0.340 e. The number of anilines is 1. The second kappa shape index (κ2) is 10.3. The van der Waals surface area contributed by atoms with Crippen molar-refractivity contribution in [1.82, 2.24) is 0 Å². The molecule has 0 aliphatic rings. The Balaban J connectivity index is 1.95. The Morgan fingerprint density at radius 3 is 2.52 bits per heavy atom. The van der Waals surface area contributed by atoms with E-state index in [2.05, 4.69) is 4.72 Å². The molecule has 0 saturated heterocycles. The van der Waals surface area contributed by atoms with Crippen LogP contribution in [0.1, 0.15) is 43.5 Å². The minimum absolute atomic E-state index is 0.0264. The van der Waals surface area contributed by atoms with Crippen molar-refractivity contribution in [1.29, 1.82) is 0 Å². The molecule has 3 rings (SSSR count). The Morgan fingerprint density at radius 2 is 1.74 bits per heavy atom. The number of carbonyl (C=O) groups excluding carboxylic acids is 1. The molecule has 31 heavy (non-hydrogen) atoms. The number of hydrogen-bond acceptors (Lipinski definition) is 5. The van der Waals surface area contributed by atoms with Crippen molar-refractivity contribution in [3.63, 3.8) is 0 Å². The summed E-state index contributed by atoms with van der Waals surface area (Å²) >= 11 is 0. The highest BCUT2D eigenvalue weighted by molar-refractivity contribution is 7.92. The van der Waals surface area contributed by atoms with Gasteiger partial charge in [-0.2, -0.15) is 0 Å². The topological polar surface area (TPSA) is 81.7 Å². The second-order valence-corrected chi connectivity index (χ2v) is 9.04. The van der Waals surface area contributed by atoms with Crippen LogP contribution < -0.4 is 9.46 Å². The number of nitrogens with one attached hydrogen (secondary N) is 1. The van der Waals surface area contributed by atoms with E-state index in [-0.39, 0.29) is 23.6 Å². The summed E-state index contributed by atoms with van der Waals surface area (Å²) in [6, 6.07) is 18.2. The van der Waals surface area contributed by atoms with Gasteiger partial charge >= 0.3 is 5.97 Å². The third-order valence-corrected chi connectivity index (χ3v) is 6.01. The Hall–Kier alpha value is -3.06. The Kier molecular flexibility index (Phi) is 7.52. The smallest absolute Gasteiger partial charge is 0.340 e. The average Bonchev–Trinajstić information content (AvgIpc) is 2.76. The molecule has 0 fully saturated rings. The lowest BCUT2D eigenvalue weighted by molar-refractivity contribution is 0.0506. The lowest BCUT2D eigenvalue weighted by atomic mass is 10.1. The summed E-state index contributed by atoms with van der Waals surface area (Å²) in [6.07, 6.45) is 1.94. The van der Waals surface area contributed by atoms with Crippen LogP contribution in [0, 0.1) is 0 Å². The van der Waals surface area contributed by atoms with Gasteiger partial charge in [-0.15, -0.1) is 0 Å². The number of benzene rings is 3. The lowest BCUT2D eigenvalue weighted by Gasteiger charge is -2.15. The van der Waals surface area contributed by atoms with Crippen molar-refractivity contribution in [3.8, 4) is 11.5 Å². The summed E-state index contributed by atoms with van der Waals surface area (Å²) in [5, 5.41) is 1.96. The van der Waals surface area contributed by atoms with Crippen LogP contribution in [0.25, 0.3) is 10.8 Å². The third-order valence-electron chi connectivity index (χ3n) is 4.66. The van der Waals surface area contributed by atoms with Crippen molar-refractivity contribution in [2.75, 3.05) is 17.1 Å². The van der Waals surface area contributed by atoms with Gasteiger partial charge in [0, 0.05) is 11.5 Å². The van der Waals surface area contributed by atoms with Crippen molar-refractivity contribution in [3.05, 3.63) is 66.2 Å². The van der Waals surface area contributed by atoms with Gasteiger partial charge in [0.2, 0.25) is 10.0 Å². The van der Waals surface area contributed by atoms with Crippen LogP contribution >= 0.6 is 0 Å². The molecule has 0 heterocycles. The zero-order valence-corrected chi connectivity index (χ0v) is 18.6. The highest BCUT2D eigenvalue weighted by Gasteiger charge is 2.19. The fourth-order valence-corrected chi connectivity index (χ4v) is 4.36. The molecule has 0 amide bonds. The Labute approximate surface area is 183 Å². The maximum atomic E-state index is 12.5. The van der Waals surface area contributed by atoms with Crippen molar-refractivity contribution in [2.45, 2.75) is 33.1 Å². The maximum absolute atomic E-state index is 12.5. The first-order valence-electron chi connectivity index (χ1n) is 10.4. The monoisotopic (exact) mass is 441 g/mol. The zero-order valence-electron chi connectivity index (χ0n) is 17.8. The van der Waals surface area contributed by atoms with Crippen molar-refractivity contribution in [2.24, 2.45) is 0 Å². The van der Waals surface area contributed by atoms with Gasteiger partial charge in [-0.3, -0.25) is 4.72 Å². The molecule has 1 N–H and O–H groups in total. The van der Waals surface area contributed by atoms with Crippen LogP contribution in [0.15, 0.2) is 60.7 Å². The first-order valence-corrected chi connectivity index (χ1v) is 12.1. The van der Waals surface area contributed by atoms with Gasteiger partial charge in [0.15, 0.2) is 0 Å². The summed E-state index contributed by atoms with van der Waals surface area (Å²) in [5.41, 5.74) is 0.300. The quantitative estimate of drug-likeness (QED) is 0.406. The van der Waals surface area contributed by atoms with E-state index in [1.165, 1.54) is 12.1 Å². The van der Waals surface area contributed by atoms with E-state index < -0.39 is 16.0 Å². The van der Waals surface area contributed by atoms with Crippen LogP contribution in [0.4, 0.5) is 5.69 Å². The Morgan fingerprint density at radius 1 is 0.968 bits per heavy atom. The number of ether oxygens (including phenoxy) is 2. The number of esters is 1. The molecule has 3 aromatic rings. The van der Waals surface area contributed by atoms with Crippen molar-refractivity contribution >= 4 is 32.5 Å². The summed E-state index contributed by atoms with van der Waals surface area (Å²) in [6.45, 7) is 4.07. The van der Waals surface area contributed by atoms with Gasteiger partial charge in [0.1, 0.15) is 11.5 Å². The summed E-state index contributed by atoms with van der Waals surface area (Å²) < 4.78 is 38.8. The summed E-state index contributed by atoms with van der Waals surface area (Å²) in [4.78, 5) is 12.5. The summed E-state index contributed by atoms with van der Waals surface area (Å²) in [7, 11) is -3.61. The lowest BCUT2D eigenvalue weighted by Crippen LogP contribution is -2.19. The van der Waals surface area contributed by atoms with E-state index in [0.29, 0.717) is 24.3 Å². The Bertz CT molecular complexity index is 1150. The van der Waals surface area contributed by atoms with E-state index in [9.17, 15) is 13.2 Å². The number of carbonyl (C=O) groups is 1. The molecule has 0 aliphatic carbocycles. The highest BCUT2D eigenvalue weighted by atomic mass is 32.2. The second-order valence-electron chi connectivity index (χ2n) is 7.20. The van der Waals surface area contributed by atoms with Gasteiger partial charge in [0.05, 0.1) is 23.6 Å². The zero-order chi connectivity index (χ0) is 22.3. The van der Waals surface area contributed by atoms with E-state index >= 15 is 0 Å². The predicted octanol–water partition coefficient (Wildman–Crippen LogP) is 5.74. The van der Waals surface area contributed by atoms with E-state index in [1.807, 2.05) is 56.3 Å². The largest absolute Gasteiger partial charge is 0.462 e. The SMILES string of the molecule is CCCCS(=O)(=O)Nc1cc(Oc2cccc3ccccc23)ccc1C(=O)OCCC. The van der Waals surface area contributed by atoms with Gasteiger partial charge < -0.3 is 9.47 Å². The fourth-order valence-electron chi connectivity index (χ4n) is 3.09. The standard InChI is InChI=1S/C24H27NO5S/c1-3-5-16-31(27,28)25-22-17-19(13-14-21(22)24(26)29-15-4-2)30-23-12-8-10-18-9-6-7-11-20(18)23/h6-14,17,25H,3-5,15-16H2,1-2H3. The third kappa shape index (κ3) is 5.98. The number of unbranched alkanes of at least 4 members (excludes halogenated alkanes) is 1. The highest BCUT2D eigenvalue weighted by Crippen LogP contribution is 2.32. The van der Waals surface area contributed by atoms with Crippen LogP contribution in [-0.2, 0) is 14.8 Å². The fraction of sp³-hybridized carbons (Fsp3) is 0.292. The van der Waals surface area contributed by atoms with Crippen LogP contribution in [0.2, 0.25) is 0 Å². The molecule has 0 aliphatic heterocycles. The molecule has 7 heteroatoms. The number of sulfonamides is 1. The molecular weight excluding hydrogens is 414 g/mol. The molecular formula is C24H27NO5S. The molecule has 6 nitrogen and oxygen atoms in total. The molecule has 0 atom stereocenters. The molecule has 0 spiro atoms. The van der Waals surface area contributed by atoms with Crippen LogP contribution in [-0.4, -0.2) is 26.7 Å². The van der Waals surface area contributed by atoms with Gasteiger partial charge in [-0.05, 0) is 36.4 Å². The molecule has 0 saturated carbocycles. The number of fused-ring (bicyclic) bond motifs is 1. The first kappa shape index (κ1) is 22.6. The first-order chi connectivity index (χ1) is 14.9. The van der Waals surface area contributed by atoms with Crippen LogP contribution in [0.5, 0.6) is 11.5 Å².